The van der Waals surface area contributed by atoms with Crippen molar-refractivity contribution in [1.29, 1.82) is 0 Å². The Balaban J connectivity index is 2.46. The first kappa shape index (κ1) is 14.6. The Morgan fingerprint density at radius 2 is 1.95 bits per heavy atom. The minimum absolute atomic E-state index is 0.339. The number of nitrogens with two attached hydrogens (primary N) is 1. The summed E-state index contributed by atoms with van der Waals surface area (Å²) in [5.74, 6) is 0.339. The van der Waals surface area contributed by atoms with E-state index in [0.717, 1.165) is 15.8 Å². The van der Waals surface area contributed by atoms with Gasteiger partial charge in [-0.25, -0.2) is 4.98 Å². The van der Waals surface area contributed by atoms with Gasteiger partial charge in [0.2, 0.25) is 0 Å². The average Bonchev–Trinajstić information content (AvgIpc) is 2.36. The first-order valence-corrected chi connectivity index (χ1v) is 6.27. The summed E-state index contributed by atoms with van der Waals surface area (Å²) in [6.45, 7) is -0.664. The topological polar surface area (TPSA) is 42.2 Å². The minimum atomic E-state index is -4.26. The van der Waals surface area contributed by atoms with Crippen LogP contribution < -0.4 is 10.6 Å². The first-order valence-electron chi connectivity index (χ1n) is 6.27. The Hall–Kier alpha value is -1.82. The largest absolute Gasteiger partial charge is 0.405 e. The fourth-order valence-electron chi connectivity index (χ4n) is 2.16. The standard InChI is InChI=1S/C14H16F3N3/c1-20(9-14(15,16)17)13-11(6-7-18)8-10-4-2-3-5-12(10)19-13/h2-5,8H,6-7,9,18H2,1H3. The highest BCUT2D eigenvalue weighted by atomic mass is 19.4. The highest BCUT2D eigenvalue weighted by Crippen LogP contribution is 2.26. The van der Waals surface area contributed by atoms with Crippen molar-refractivity contribution in [2.75, 3.05) is 25.0 Å². The van der Waals surface area contributed by atoms with Crippen LogP contribution in [0.4, 0.5) is 19.0 Å². The lowest BCUT2D eigenvalue weighted by molar-refractivity contribution is -0.119. The number of hydrogen-bond acceptors (Lipinski definition) is 3. The molecule has 0 spiro atoms. The van der Waals surface area contributed by atoms with Gasteiger partial charge in [-0.15, -0.1) is 0 Å². The van der Waals surface area contributed by atoms with Gasteiger partial charge in [-0.3, -0.25) is 0 Å². The first-order chi connectivity index (χ1) is 9.40. The van der Waals surface area contributed by atoms with Crippen LogP contribution in [0.25, 0.3) is 10.9 Å². The van der Waals surface area contributed by atoms with E-state index in [1.807, 2.05) is 24.3 Å². The molecule has 0 aliphatic carbocycles. The van der Waals surface area contributed by atoms with Crippen LogP contribution in [0.15, 0.2) is 30.3 Å². The zero-order valence-corrected chi connectivity index (χ0v) is 11.1. The third-order valence-electron chi connectivity index (χ3n) is 2.97. The third kappa shape index (κ3) is 3.39. The van der Waals surface area contributed by atoms with Gasteiger partial charge < -0.3 is 10.6 Å². The van der Waals surface area contributed by atoms with Gasteiger partial charge in [-0.1, -0.05) is 18.2 Å². The average molecular weight is 283 g/mol. The Kier molecular flexibility index (Phi) is 4.13. The van der Waals surface area contributed by atoms with Crippen molar-refractivity contribution >= 4 is 16.7 Å². The molecule has 0 atom stereocenters. The molecule has 0 fully saturated rings. The molecule has 3 nitrogen and oxygen atoms in total. The SMILES string of the molecule is CN(CC(F)(F)F)c1nc2ccccc2cc1CCN. The van der Waals surface area contributed by atoms with Crippen LogP contribution in [0.5, 0.6) is 0 Å². The van der Waals surface area contributed by atoms with Gasteiger partial charge in [0.05, 0.1) is 5.52 Å². The molecule has 2 rings (SSSR count). The number of halogens is 3. The Morgan fingerprint density at radius 1 is 1.25 bits per heavy atom. The number of nitrogens with zero attached hydrogens (tertiary/aromatic N) is 2. The number of pyridine rings is 1. The highest BCUT2D eigenvalue weighted by Gasteiger charge is 2.30. The zero-order valence-electron chi connectivity index (χ0n) is 11.1. The molecular formula is C14H16F3N3. The summed E-state index contributed by atoms with van der Waals surface area (Å²) in [4.78, 5) is 5.47. The zero-order chi connectivity index (χ0) is 14.8. The second-order valence-electron chi connectivity index (χ2n) is 4.67. The molecular weight excluding hydrogens is 267 g/mol. The number of alkyl halides is 3. The third-order valence-corrected chi connectivity index (χ3v) is 2.97. The second kappa shape index (κ2) is 5.66. The Morgan fingerprint density at radius 3 is 2.60 bits per heavy atom. The lowest BCUT2D eigenvalue weighted by Crippen LogP contribution is -2.32. The number of anilines is 1. The number of benzene rings is 1. The molecule has 1 aromatic carbocycles. The molecule has 2 N–H and O–H groups in total. The summed E-state index contributed by atoms with van der Waals surface area (Å²) in [6.07, 6.45) is -3.77. The van der Waals surface area contributed by atoms with Crippen molar-refractivity contribution in [3.63, 3.8) is 0 Å². The molecule has 0 amide bonds. The summed E-state index contributed by atoms with van der Waals surface area (Å²) in [7, 11) is 1.39. The van der Waals surface area contributed by atoms with Crippen molar-refractivity contribution in [1.82, 2.24) is 4.98 Å². The van der Waals surface area contributed by atoms with E-state index in [1.165, 1.54) is 7.05 Å². The van der Waals surface area contributed by atoms with E-state index in [1.54, 1.807) is 6.07 Å². The number of para-hydroxylation sites is 1. The Labute approximate surface area is 115 Å². The van der Waals surface area contributed by atoms with Crippen LogP contribution in [0, 0.1) is 0 Å². The maximum Gasteiger partial charge on any atom is 0.405 e. The van der Waals surface area contributed by atoms with Crippen LogP contribution in [-0.4, -0.2) is 31.3 Å². The normalized spacial score (nSPS) is 11.8. The van der Waals surface area contributed by atoms with Gasteiger partial charge in [0.1, 0.15) is 12.4 Å². The van der Waals surface area contributed by atoms with Crippen molar-refractivity contribution in [2.24, 2.45) is 5.73 Å². The summed E-state index contributed by atoms with van der Waals surface area (Å²) in [6, 6.07) is 9.21. The van der Waals surface area contributed by atoms with Gasteiger partial charge in [0.15, 0.2) is 0 Å². The molecule has 1 heterocycles. The van der Waals surface area contributed by atoms with E-state index < -0.39 is 12.7 Å². The summed E-state index contributed by atoms with van der Waals surface area (Å²) >= 11 is 0. The molecule has 6 heteroatoms. The van der Waals surface area contributed by atoms with Crippen LogP contribution in [-0.2, 0) is 6.42 Å². The quantitative estimate of drug-likeness (QED) is 0.938. The van der Waals surface area contributed by atoms with E-state index >= 15 is 0 Å². The maximum atomic E-state index is 12.5. The van der Waals surface area contributed by atoms with Crippen LogP contribution >= 0.6 is 0 Å². The smallest absolute Gasteiger partial charge is 0.350 e. The summed E-state index contributed by atoms with van der Waals surface area (Å²) < 4.78 is 37.6. The monoisotopic (exact) mass is 283 g/mol. The fourth-order valence-corrected chi connectivity index (χ4v) is 2.16. The van der Waals surface area contributed by atoms with Gasteiger partial charge in [0.25, 0.3) is 0 Å². The number of rotatable bonds is 4. The lowest BCUT2D eigenvalue weighted by atomic mass is 10.1. The van der Waals surface area contributed by atoms with Gasteiger partial charge in [-0.2, -0.15) is 13.2 Å². The van der Waals surface area contributed by atoms with E-state index in [9.17, 15) is 13.2 Å². The molecule has 0 saturated heterocycles. The molecule has 108 valence electrons. The van der Waals surface area contributed by atoms with Crippen LogP contribution in [0.1, 0.15) is 5.56 Å². The molecule has 2 aromatic rings. The van der Waals surface area contributed by atoms with E-state index in [2.05, 4.69) is 4.98 Å². The molecule has 0 aliphatic rings. The fraction of sp³-hybridized carbons (Fsp3) is 0.357. The molecule has 0 unspecified atom stereocenters. The van der Waals surface area contributed by atoms with Crippen molar-refractivity contribution < 1.29 is 13.2 Å². The number of aromatic nitrogens is 1. The van der Waals surface area contributed by atoms with Crippen molar-refractivity contribution in [3.05, 3.63) is 35.9 Å². The second-order valence-corrected chi connectivity index (χ2v) is 4.67. The predicted octanol–water partition coefficient (Wildman–Crippen LogP) is 2.73. The predicted molar refractivity (Wildman–Crippen MR) is 73.8 cm³/mol. The number of hydrogen-bond donors (Lipinski definition) is 1. The van der Waals surface area contributed by atoms with Crippen LogP contribution in [0.3, 0.4) is 0 Å². The molecule has 0 radical (unpaired) electrons. The van der Waals surface area contributed by atoms with E-state index in [0.29, 0.717) is 24.3 Å². The highest BCUT2D eigenvalue weighted by molar-refractivity contribution is 5.81. The van der Waals surface area contributed by atoms with E-state index in [4.69, 9.17) is 5.73 Å². The molecule has 0 aliphatic heterocycles. The van der Waals surface area contributed by atoms with Gasteiger partial charge in [-0.05, 0) is 30.7 Å². The molecule has 0 bridgehead atoms. The minimum Gasteiger partial charge on any atom is -0.350 e. The molecule has 20 heavy (non-hydrogen) atoms. The summed E-state index contributed by atoms with van der Waals surface area (Å²) in [5, 5.41) is 0.903. The Bertz CT molecular complexity index is 596. The number of fused-ring (bicyclic) bond motifs is 1. The molecule has 1 aromatic heterocycles. The van der Waals surface area contributed by atoms with Crippen LogP contribution in [0.2, 0.25) is 0 Å². The van der Waals surface area contributed by atoms with E-state index in [-0.39, 0.29) is 0 Å². The lowest BCUT2D eigenvalue weighted by Gasteiger charge is -2.23. The maximum absolute atomic E-state index is 12.5. The van der Waals surface area contributed by atoms with Crippen molar-refractivity contribution in [3.8, 4) is 0 Å². The van der Waals surface area contributed by atoms with Gasteiger partial charge in [0, 0.05) is 12.4 Å². The molecule has 0 saturated carbocycles. The summed E-state index contributed by atoms with van der Waals surface area (Å²) in [5.41, 5.74) is 6.94. The van der Waals surface area contributed by atoms with Crippen molar-refractivity contribution in [2.45, 2.75) is 12.6 Å². The van der Waals surface area contributed by atoms with Gasteiger partial charge >= 0.3 is 6.18 Å².